The Kier molecular flexibility index (Phi) is 6.16. The summed E-state index contributed by atoms with van der Waals surface area (Å²) in [5.41, 5.74) is 1.09. The second-order valence-electron chi connectivity index (χ2n) is 5.36. The van der Waals surface area contributed by atoms with Crippen molar-refractivity contribution >= 4 is 23.2 Å². The van der Waals surface area contributed by atoms with E-state index >= 15 is 0 Å². The van der Waals surface area contributed by atoms with Crippen LogP contribution in [0.4, 0.5) is 0 Å². The van der Waals surface area contributed by atoms with Crippen molar-refractivity contribution in [1.29, 1.82) is 0 Å². The number of hydrogen-bond donors (Lipinski definition) is 1. The first-order chi connectivity index (χ1) is 9.65. The van der Waals surface area contributed by atoms with Crippen LogP contribution >= 0.6 is 23.2 Å². The zero-order valence-electron chi connectivity index (χ0n) is 12.2. The first-order valence-corrected chi connectivity index (χ1v) is 8.20. The molecule has 1 aliphatic rings. The average Bonchev–Trinajstić information content (AvgIpc) is 3.24. The highest BCUT2D eigenvalue weighted by molar-refractivity contribution is 6.33. The minimum atomic E-state index is 0.273. The quantitative estimate of drug-likeness (QED) is 0.771. The fraction of sp³-hybridized carbons (Fsp3) is 0.625. The van der Waals surface area contributed by atoms with Gasteiger partial charge in [0.1, 0.15) is 0 Å². The SMILES string of the molecule is CCNC(Cc1cc(Cl)ccc1Cl)C(OCC)C1CC1. The monoisotopic (exact) mass is 315 g/mol. The number of benzene rings is 1. The van der Waals surface area contributed by atoms with E-state index in [1.54, 1.807) is 0 Å². The van der Waals surface area contributed by atoms with E-state index in [0.29, 0.717) is 12.0 Å². The van der Waals surface area contributed by atoms with Crippen LogP contribution in [0.1, 0.15) is 32.3 Å². The lowest BCUT2D eigenvalue weighted by molar-refractivity contribution is 0.0196. The zero-order valence-corrected chi connectivity index (χ0v) is 13.7. The van der Waals surface area contributed by atoms with Crippen LogP contribution in [0.5, 0.6) is 0 Å². The van der Waals surface area contributed by atoms with Crippen LogP contribution in [0, 0.1) is 5.92 Å². The van der Waals surface area contributed by atoms with Crippen molar-refractivity contribution in [1.82, 2.24) is 5.32 Å². The number of halogens is 2. The van der Waals surface area contributed by atoms with Crippen molar-refractivity contribution in [3.05, 3.63) is 33.8 Å². The molecule has 2 atom stereocenters. The highest BCUT2D eigenvalue weighted by atomic mass is 35.5. The van der Waals surface area contributed by atoms with Crippen molar-refractivity contribution in [3.63, 3.8) is 0 Å². The van der Waals surface area contributed by atoms with Gasteiger partial charge in [-0.15, -0.1) is 0 Å². The van der Waals surface area contributed by atoms with E-state index in [0.717, 1.165) is 35.2 Å². The molecule has 4 heteroatoms. The topological polar surface area (TPSA) is 21.3 Å². The number of rotatable bonds is 8. The maximum absolute atomic E-state index is 6.29. The van der Waals surface area contributed by atoms with Crippen LogP contribution in [0.2, 0.25) is 10.0 Å². The van der Waals surface area contributed by atoms with Gasteiger partial charge >= 0.3 is 0 Å². The Morgan fingerprint density at radius 3 is 2.65 bits per heavy atom. The van der Waals surface area contributed by atoms with Crippen molar-refractivity contribution in [2.75, 3.05) is 13.2 Å². The average molecular weight is 316 g/mol. The van der Waals surface area contributed by atoms with Gasteiger partial charge in [0.25, 0.3) is 0 Å². The van der Waals surface area contributed by atoms with Gasteiger partial charge in [0.15, 0.2) is 0 Å². The Balaban J connectivity index is 2.12. The molecule has 0 aromatic heterocycles. The second kappa shape index (κ2) is 7.65. The molecule has 1 N–H and O–H groups in total. The fourth-order valence-corrected chi connectivity index (χ4v) is 3.09. The Hall–Kier alpha value is -0.280. The standard InChI is InChI=1S/C16H23Cl2NO/c1-3-19-15(16(20-4-2)11-5-6-11)10-12-9-13(17)7-8-14(12)18/h7-9,11,15-16,19H,3-6,10H2,1-2H3. The Morgan fingerprint density at radius 2 is 2.05 bits per heavy atom. The third-order valence-corrected chi connectivity index (χ3v) is 4.36. The number of ether oxygens (including phenoxy) is 1. The molecule has 0 spiro atoms. The fourth-order valence-electron chi connectivity index (χ4n) is 2.70. The van der Waals surface area contributed by atoms with Gasteiger partial charge in [-0.2, -0.15) is 0 Å². The van der Waals surface area contributed by atoms with Gasteiger partial charge in [-0.05, 0) is 62.4 Å². The zero-order chi connectivity index (χ0) is 14.5. The van der Waals surface area contributed by atoms with E-state index in [9.17, 15) is 0 Å². The predicted octanol–water partition coefficient (Wildman–Crippen LogP) is 4.33. The summed E-state index contributed by atoms with van der Waals surface area (Å²) in [6, 6.07) is 5.96. The Morgan fingerprint density at radius 1 is 1.30 bits per heavy atom. The van der Waals surface area contributed by atoms with Gasteiger partial charge < -0.3 is 10.1 Å². The third kappa shape index (κ3) is 4.36. The van der Waals surface area contributed by atoms with Crippen LogP contribution in [-0.2, 0) is 11.2 Å². The van der Waals surface area contributed by atoms with Gasteiger partial charge in [-0.25, -0.2) is 0 Å². The normalized spacial score (nSPS) is 18.0. The lowest BCUT2D eigenvalue weighted by Gasteiger charge is -2.28. The van der Waals surface area contributed by atoms with Crippen LogP contribution in [-0.4, -0.2) is 25.3 Å². The van der Waals surface area contributed by atoms with Crippen molar-refractivity contribution in [2.24, 2.45) is 5.92 Å². The summed E-state index contributed by atoms with van der Waals surface area (Å²) in [7, 11) is 0. The van der Waals surface area contributed by atoms with Gasteiger partial charge in [0, 0.05) is 22.7 Å². The number of likely N-dealkylation sites (N-methyl/N-ethyl adjacent to an activating group) is 1. The van der Waals surface area contributed by atoms with Gasteiger partial charge in [0.05, 0.1) is 6.10 Å². The predicted molar refractivity (Wildman–Crippen MR) is 85.8 cm³/mol. The molecule has 1 aliphatic carbocycles. The number of hydrogen-bond acceptors (Lipinski definition) is 2. The largest absolute Gasteiger partial charge is 0.377 e. The summed E-state index contributed by atoms with van der Waals surface area (Å²) in [6.45, 7) is 5.87. The molecule has 1 aromatic rings. The molecule has 2 rings (SSSR count). The minimum absolute atomic E-state index is 0.273. The van der Waals surface area contributed by atoms with Gasteiger partial charge in [-0.1, -0.05) is 30.1 Å². The molecule has 0 bridgehead atoms. The molecule has 0 aliphatic heterocycles. The molecule has 2 nitrogen and oxygen atoms in total. The molecule has 0 heterocycles. The maximum atomic E-state index is 6.29. The van der Waals surface area contributed by atoms with E-state index in [2.05, 4.69) is 19.2 Å². The first kappa shape index (κ1) is 16.1. The third-order valence-electron chi connectivity index (χ3n) is 3.76. The second-order valence-corrected chi connectivity index (χ2v) is 6.21. The van der Waals surface area contributed by atoms with Gasteiger partial charge in [-0.3, -0.25) is 0 Å². The van der Waals surface area contributed by atoms with E-state index in [-0.39, 0.29) is 6.10 Å². The van der Waals surface area contributed by atoms with Crippen molar-refractivity contribution in [2.45, 2.75) is 45.3 Å². The highest BCUT2D eigenvalue weighted by Crippen LogP contribution is 2.37. The molecular weight excluding hydrogens is 293 g/mol. The molecular formula is C16H23Cl2NO. The highest BCUT2D eigenvalue weighted by Gasteiger charge is 2.37. The number of nitrogens with one attached hydrogen (secondary N) is 1. The van der Waals surface area contributed by atoms with E-state index in [1.807, 2.05) is 18.2 Å². The Labute approximate surface area is 131 Å². The molecule has 20 heavy (non-hydrogen) atoms. The maximum Gasteiger partial charge on any atom is 0.0759 e. The summed E-state index contributed by atoms with van der Waals surface area (Å²) in [5, 5.41) is 5.07. The van der Waals surface area contributed by atoms with Crippen molar-refractivity contribution < 1.29 is 4.74 Å². The summed E-state index contributed by atoms with van der Waals surface area (Å²) in [4.78, 5) is 0. The lowest BCUT2D eigenvalue weighted by Crippen LogP contribution is -2.44. The Bertz CT molecular complexity index is 434. The molecule has 2 unspecified atom stereocenters. The summed E-state index contributed by atoms with van der Waals surface area (Å²) < 4.78 is 5.98. The first-order valence-electron chi connectivity index (χ1n) is 7.44. The van der Waals surface area contributed by atoms with Crippen molar-refractivity contribution in [3.8, 4) is 0 Å². The van der Waals surface area contributed by atoms with Crippen LogP contribution in [0.3, 0.4) is 0 Å². The van der Waals surface area contributed by atoms with E-state index in [1.165, 1.54) is 12.8 Å². The van der Waals surface area contributed by atoms with E-state index < -0.39 is 0 Å². The van der Waals surface area contributed by atoms with Gasteiger partial charge in [0.2, 0.25) is 0 Å². The lowest BCUT2D eigenvalue weighted by atomic mass is 9.98. The van der Waals surface area contributed by atoms with Crippen LogP contribution in [0.25, 0.3) is 0 Å². The molecule has 1 fully saturated rings. The molecule has 0 amide bonds. The summed E-state index contributed by atoms with van der Waals surface area (Å²) in [5.74, 6) is 0.692. The molecule has 0 radical (unpaired) electrons. The molecule has 1 aromatic carbocycles. The summed E-state index contributed by atoms with van der Waals surface area (Å²) in [6.07, 6.45) is 3.68. The molecule has 0 saturated heterocycles. The summed E-state index contributed by atoms with van der Waals surface area (Å²) >= 11 is 12.4. The van der Waals surface area contributed by atoms with Crippen LogP contribution < -0.4 is 5.32 Å². The smallest absolute Gasteiger partial charge is 0.0759 e. The molecule has 112 valence electrons. The van der Waals surface area contributed by atoms with E-state index in [4.69, 9.17) is 27.9 Å². The van der Waals surface area contributed by atoms with Crippen LogP contribution in [0.15, 0.2) is 18.2 Å². The molecule has 1 saturated carbocycles. The minimum Gasteiger partial charge on any atom is -0.377 e.